The molecule has 1 atom stereocenters. The number of amides is 3. The van der Waals surface area contributed by atoms with Gasteiger partial charge in [0.25, 0.3) is 5.91 Å². The number of rotatable bonds is 2. The van der Waals surface area contributed by atoms with E-state index in [1.54, 1.807) is 24.3 Å². The van der Waals surface area contributed by atoms with E-state index in [9.17, 15) is 18.0 Å². The Morgan fingerprint density at radius 3 is 2.31 bits per heavy atom. The molecule has 0 saturated carbocycles. The molecule has 3 rings (SSSR count). The Morgan fingerprint density at radius 2 is 1.69 bits per heavy atom. The van der Waals surface area contributed by atoms with E-state index in [0.717, 1.165) is 25.9 Å². The van der Waals surface area contributed by atoms with Crippen molar-refractivity contribution in [3.8, 4) is 0 Å². The summed E-state index contributed by atoms with van der Waals surface area (Å²) in [6.45, 7) is 4.15. The second-order valence-corrected chi connectivity index (χ2v) is 9.45. The molecule has 0 aliphatic carbocycles. The van der Waals surface area contributed by atoms with Crippen LogP contribution < -0.4 is 5.32 Å². The molecular weight excluding hydrogens is 354 g/mol. The predicted molar refractivity (Wildman–Crippen MR) is 100.0 cm³/mol. The molecule has 0 spiro atoms. The fourth-order valence-corrected chi connectivity index (χ4v) is 4.57. The number of hydrogen-bond acceptors (Lipinski definition) is 4. The van der Waals surface area contributed by atoms with Gasteiger partial charge in [-0.15, -0.1) is 0 Å². The quantitative estimate of drug-likeness (QED) is 0.849. The molecule has 1 N–H and O–H groups in total. The van der Waals surface area contributed by atoms with Crippen molar-refractivity contribution in [2.45, 2.75) is 19.8 Å². The predicted octanol–water partition coefficient (Wildman–Crippen LogP) is 1.82. The number of hydrogen-bond donors (Lipinski definition) is 1. The lowest BCUT2D eigenvalue weighted by molar-refractivity contribution is 0.0683. The first kappa shape index (κ1) is 18.7. The largest absolute Gasteiger partial charge is 0.338 e. The number of anilines is 1. The van der Waals surface area contributed by atoms with Gasteiger partial charge < -0.3 is 15.1 Å². The number of piperidine rings is 1. The monoisotopic (exact) mass is 379 g/mol. The molecule has 7 nitrogen and oxygen atoms in total. The molecule has 26 heavy (non-hydrogen) atoms. The van der Waals surface area contributed by atoms with Crippen molar-refractivity contribution in [3.63, 3.8) is 0 Å². The molecule has 2 saturated heterocycles. The minimum absolute atomic E-state index is 0.00210. The number of likely N-dealkylation sites (tertiary alicyclic amines) is 1. The maximum absolute atomic E-state index is 12.6. The minimum atomic E-state index is -3.02. The van der Waals surface area contributed by atoms with Crippen molar-refractivity contribution in [2.75, 3.05) is 43.0 Å². The fourth-order valence-electron chi connectivity index (χ4n) is 3.37. The lowest BCUT2D eigenvalue weighted by Gasteiger charge is -2.31. The lowest BCUT2D eigenvalue weighted by atomic mass is 9.99. The van der Waals surface area contributed by atoms with Crippen LogP contribution in [0.2, 0.25) is 0 Å². The summed E-state index contributed by atoms with van der Waals surface area (Å²) in [5.74, 6) is 0.555. The molecule has 1 aromatic carbocycles. The van der Waals surface area contributed by atoms with Crippen molar-refractivity contribution in [1.82, 2.24) is 9.80 Å². The second-order valence-electron chi connectivity index (χ2n) is 7.14. The summed E-state index contributed by atoms with van der Waals surface area (Å²) in [6.07, 6.45) is 2.19. The van der Waals surface area contributed by atoms with Crippen molar-refractivity contribution in [1.29, 1.82) is 0 Å². The van der Waals surface area contributed by atoms with Gasteiger partial charge in [0.15, 0.2) is 9.84 Å². The van der Waals surface area contributed by atoms with Crippen LogP contribution in [0.4, 0.5) is 10.5 Å². The van der Waals surface area contributed by atoms with Gasteiger partial charge in [-0.1, -0.05) is 6.92 Å². The number of sulfone groups is 1. The molecule has 2 aliphatic rings. The average Bonchev–Trinajstić information content (AvgIpc) is 2.61. The summed E-state index contributed by atoms with van der Waals surface area (Å²) >= 11 is 0. The summed E-state index contributed by atoms with van der Waals surface area (Å²) in [5, 5.41) is 2.76. The Morgan fingerprint density at radius 1 is 1.04 bits per heavy atom. The zero-order valence-electron chi connectivity index (χ0n) is 15.0. The van der Waals surface area contributed by atoms with Crippen molar-refractivity contribution in [2.24, 2.45) is 5.92 Å². The van der Waals surface area contributed by atoms with E-state index in [-0.39, 0.29) is 36.5 Å². The number of urea groups is 1. The Hall–Kier alpha value is -2.09. The Labute approximate surface area is 154 Å². The normalized spacial score (nSPS) is 22.7. The number of benzene rings is 1. The smallest absolute Gasteiger partial charge is 0.321 e. The molecule has 3 amide bonds. The summed E-state index contributed by atoms with van der Waals surface area (Å²) in [6, 6.07) is 6.54. The van der Waals surface area contributed by atoms with Crippen LogP contribution in [-0.4, -0.2) is 67.8 Å². The van der Waals surface area contributed by atoms with Gasteiger partial charge in [0, 0.05) is 37.4 Å². The topological polar surface area (TPSA) is 86.8 Å². The van der Waals surface area contributed by atoms with Crippen LogP contribution in [0.5, 0.6) is 0 Å². The highest BCUT2D eigenvalue weighted by Crippen LogP contribution is 2.19. The lowest BCUT2D eigenvalue weighted by Crippen LogP contribution is -2.45. The molecule has 2 heterocycles. The number of carbonyl (C=O) groups is 2. The first-order chi connectivity index (χ1) is 12.3. The minimum Gasteiger partial charge on any atom is -0.338 e. The molecule has 0 bridgehead atoms. The standard InChI is InChI=1S/C18H25N3O4S/c1-14-3-2-8-21(13-14)17(22)15-4-6-16(7-5-15)19-18(23)20-9-11-26(24,25)12-10-20/h4-7,14H,2-3,8-13H2,1H3,(H,19,23)/t14-/m0/s1. The number of nitrogens with one attached hydrogen (secondary N) is 1. The third-order valence-electron chi connectivity index (χ3n) is 4.96. The molecule has 8 heteroatoms. The third-order valence-corrected chi connectivity index (χ3v) is 6.57. The fraction of sp³-hybridized carbons (Fsp3) is 0.556. The van der Waals surface area contributed by atoms with E-state index < -0.39 is 9.84 Å². The first-order valence-corrected chi connectivity index (χ1v) is 10.8. The van der Waals surface area contributed by atoms with E-state index in [1.165, 1.54) is 4.90 Å². The van der Waals surface area contributed by atoms with E-state index in [0.29, 0.717) is 17.2 Å². The molecule has 2 fully saturated rings. The van der Waals surface area contributed by atoms with E-state index in [1.807, 2.05) is 4.90 Å². The average molecular weight is 379 g/mol. The Bertz CT molecular complexity index is 762. The summed E-state index contributed by atoms with van der Waals surface area (Å²) in [5.41, 5.74) is 1.20. The second kappa shape index (κ2) is 7.65. The molecule has 142 valence electrons. The summed E-state index contributed by atoms with van der Waals surface area (Å²) < 4.78 is 22.9. The highest BCUT2D eigenvalue weighted by atomic mass is 32.2. The summed E-state index contributed by atoms with van der Waals surface area (Å²) in [7, 11) is -3.02. The molecule has 1 aromatic rings. The van der Waals surface area contributed by atoms with Crippen LogP contribution in [0.1, 0.15) is 30.1 Å². The Kier molecular flexibility index (Phi) is 5.50. The van der Waals surface area contributed by atoms with Crippen LogP contribution in [-0.2, 0) is 9.84 Å². The van der Waals surface area contributed by atoms with E-state index >= 15 is 0 Å². The van der Waals surface area contributed by atoms with E-state index in [2.05, 4.69) is 12.2 Å². The van der Waals surface area contributed by atoms with Gasteiger partial charge in [-0.25, -0.2) is 13.2 Å². The first-order valence-electron chi connectivity index (χ1n) is 9.00. The van der Waals surface area contributed by atoms with Crippen molar-refractivity contribution >= 4 is 27.5 Å². The van der Waals surface area contributed by atoms with Gasteiger partial charge in [0.1, 0.15) is 0 Å². The van der Waals surface area contributed by atoms with Crippen molar-refractivity contribution in [3.05, 3.63) is 29.8 Å². The van der Waals surface area contributed by atoms with Crippen molar-refractivity contribution < 1.29 is 18.0 Å². The van der Waals surface area contributed by atoms with Gasteiger partial charge in [-0.3, -0.25) is 4.79 Å². The zero-order chi connectivity index (χ0) is 18.7. The SMILES string of the molecule is C[C@H]1CCCN(C(=O)c2ccc(NC(=O)N3CCS(=O)(=O)CC3)cc2)C1. The summed E-state index contributed by atoms with van der Waals surface area (Å²) in [4.78, 5) is 28.2. The number of carbonyl (C=O) groups excluding carboxylic acids is 2. The van der Waals surface area contributed by atoms with Crippen LogP contribution in [0.25, 0.3) is 0 Å². The maximum atomic E-state index is 12.6. The zero-order valence-corrected chi connectivity index (χ0v) is 15.8. The van der Waals surface area contributed by atoms with Gasteiger partial charge in [0.2, 0.25) is 0 Å². The van der Waals surface area contributed by atoms with Gasteiger partial charge in [-0.05, 0) is 43.0 Å². The van der Waals surface area contributed by atoms with Crippen LogP contribution >= 0.6 is 0 Å². The highest BCUT2D eigenvalue weighted by Gasteiger charge is 2.25. The third kappa shape index (κ3) is 4.55. The molecule has 0 aromatic heterocycles. The molecule has 0 radical (unpaired) electrons. The van der Waals surface area contributed by atoms with Gasteiger partial charge in [-0.2, -0.15) is 0 Å². The molecule has 0 unspecified atom stereocenters. The number of nitrogens with zero attached hydrogens (tertiary/aromatic N) is 2. The molecular formula is C18H25N3O4S. The van der Waals surface area contributed by atoms with Crippen LogP contribution in [0.15, 0.2) is 24.3 Å². The van der Waals surface area contributed by atoms with Gasteiger partial charge in [0.05, 0.1) is 11.5 Å². The highest BCUT2D eigenvalue weighted by molar-refractivity contribution is 7.91. The van der Waals surface area contributed by atoms with Crippen LogP contribution in [0.3, 0.4) is 0 Å². The Balaban J connectivity index is 1.57. The maximum Gasteiger partial charge on any atom is 0.321 e. The molecule has 2 aliphatic heterocycles. The van der Waals surface area contributed by atoms with Gasteiger partial charge >= 0.3 is 6.03 Å². The van der Waals surface area contributed by atoms with Crippen LogP contribution in [0, 0.1) is 5.92 Å². The van der Waals surface area contributed by atoms with E-state index in [4.69, 9.17) is 0 Å².